The molecule has 0 aliphatic carbocycles. The van der Waals surface area contributed by atoms with Crippen LogP contribution in [-0.2, 0) is 20.9 Å². The van der Waals surface area contributed by atoms with Crippen LogP contribution in [0.3, 0.4) is 0 Å². The second-order valence-corrected chi connectivity index (χ2v) is 5.66. The molecule has 23 heavy (non-hydrogen) atoms. The van der Waals surface area contributed by atoms with Crippen molar-refractivity contribution < 1.29 is 14.4 Å². The predicted molar refractivity (Wildman–Crippen MR) is 83.8 cm³/mol. The fraction of sp³-hybridized carbons (Fsp3) is 0.500. The van der Waals surface area contributed by atoms with Crippen molar-refractivity contribution in [3.05, 3.63) is 30.1 Å². The normalized spacial score (nSPS) is 15.2. The van der Waals surface area contributed by atoms with Crippen molar-refractivity contribution in [2.24, 2.45) is 11.7 Å². The molecule has 2 rings (SSSR count). The van der Waals surface area contributed by atoms with Crippen LogP contribution in [-0.4, -0.2) is 40.7 Å². The first-order chi connectivity index (χ1) is 11.1. The number of carbonyl (C=O) groups excluding carboxylic acids is 3. The Labute approximate surface area is 135 Å². The second-order valence-electron chi connectivity index (χ2n) is 5.66. The Morgan fingerprint density at radius 2 is 1.96 bits per heavy atom. The van der Waals surface area contributed by atoms with Gasteiger partial charge in [-0.3, -0.25) is 19.4 Å². The summed E-state index contributed by atoms with van der Waals surface area (Å²) in [6.07, 6.45) is 3.21. The summed E-state index contributed by atoms with van der Waals surface area (Å²) < 4.78 is 0. The maximum atomic E-state index is 12.1. The molecule has 0 radical (unpaired) electrons. The third-order valence-electron chi connectivity index (χ3n) is 4.01. The molecule has 124 valence electrons. The first-order valence-electron chi connectivity index (χ1n) is 7.80. The largest absolute Gasteiger partial charge is 0.369 e. The summed E-state index contributed by atoms with van der Waals surface area (Å²) in [4.78, 5) is 40.8. The summed E-state index contributed by atoms with van der Waals surface area (Å²) in [6.45, 7) is 1.42. The average molecular weight is 318 g/mol. The molecule has 7 heteroatoms. The van der Waals surface area contributed by atoms with E-state index in [9.17, 15) is 14.4 Å². The van der Waals surface area contributed by atoms with Gasteiger partial charge in [-0.2, -0.15) is 0 Å². The van der Waals surface area contributed by atoms with Gasteiger partial charge in [0, 0.05) is 38.0 Å². The van der Waals surface area contributed by atoms with Crippen molar-refractivity contribution in [3.63, 3.8) is 0 Å². The first kappa shape index (κ1) is 16.9. The molecule has 0 spiro atoms. The quantitative estimate of drug-likeness (QED) is 0.781. The number of piperidine rings is 1. The van der Waals surface area contributed by atoms with E-state index in [1.807, 2.05) is 18.2 Å². The number of primary amides is 1. The average Bonchev–Trinajstić information content (AvgIpc) is 2.58. The van der Waals surface area contributed by atoms with Crippen LogP contribution in [0, 0.1) is 5.92 Å². The number of nitrogens with zero attached hydrogens (tertiary/aromatic N) is 2. The fourth-order valence-corrected chi connectivity index (χ4v) is 2.57. The number of likely N-dealkylation sites (tertiary alicyclic amines) is 1. The standard InChI is InChI=1S/C16H22N4O3/c17-16(23)12-6-9-20(10-7-12)15(22)5-4-14(21)19-11-13-3-1-2-8-18-13/h1-3,8,12H,4-7,9-11H2,(H2,17,23)(H,19,21). The van der Waals surface area contributed by atoms with Gasteiger partial charge >= 0.3 is 0 Å². The summed E-state index contributed by atoms with van der Waals surface area (Å²) >= 11 is 0. The molecule has 1 aromatic rings. The van der Waals surface area contributed by atoms with Gasteiger partial charge in [-0.15, -0.1) is 0 Å². The number of hydrogen-bond donors (Lipinski definition) is 2. The highest BCUT2D eigenvalue weighted by Gasteiger charge is 2.25. The third kappa shape index (κ3) is 5.36. The minimum absolute atomic E-state index is 0.0547. The van der Waals surface area contributed by atoms with Crippen molar-refractivity contribution in [2.45, 2.75) is 32.2 Å². The number of pyridine rings is 1. The van der Waals surface area contributed by atoms with Crippen LogP contribution in [0.15, 0.2) is 24.4 Å². The van der Waals surface area contributed by atoms with Gasteiger partial charge in [0.15, 0.2) is 0 Å². The Kier molecular flexibility index (Phi) is 6.08. The van der Waals surface area contributed by atoms with Gasteiger partial charge in [0.05, 0.1) is 12.2 Å². The molecule has 0 bridgehead atoms. The highest BCUT2D eigenvalue weighted by molar-refractivity contribution is 5.84. The van der Waals surface area contributed by atoms with E-state index in [2.05, 4.69) is 10.3 Å². The lowest BCUT2D eigenvalue weighted by molar-refractivity contribution is -0.136. The second kappa shape index (κ2) is 8.26. The maximum absolute atomic E-state index is 12.1. The van der Waals surface area contributed by atoms with Crippen LogP contribution >= 0.6 is 0 Å². The molecule has 0 unspecified atom stereocenters. The van der Waals surface area contributed by atoms with E-state index in [1.54, 1.807) is 11.1 Å². The van der Waals surface area contributed by atoms with E-state index >= 15 is 0 Å². The van der Waals surface area contributed by atoms with E-state index in [4.69, 9.17) is 5.73 Å². The van der Waals surface area contributed by atoms with E-state index < -0.39 is 0 Å². The van der Waals surface area contributed by atoms with E-state index in [1.165, 1.54) is 0 Å². The molecular formula is C16H22N4O3. The number of hydrogen-bond acceptors (Lipinski definition) is 4. The first-order valence-corrected chi connectivity index (χ1v) is 7.80. The minimum Gasteiger partial charge on any atom is -0.369 e. The summed E-state index contributed by atoms with van der Waals surface area (Å²) in [6, 6.07) is 5.49. The Hall–Kier alpha value is -2.44. The van der Waals surface area contributed by atoms with Crippen LogP contribution in [0.2, 0.25) is 0 Å². The molecule has 1 saturated heterocycles. The number of nitrogens with one attached hydrogen (secondary N) is 1. The fourth-order valence-electron chi connectivity index (χ4n) is 2.57. The Bertz CT molecular complexity index is 554. The molecule has 0 atom stereocenters. The van der Waals surface area contributed by atoms with Gasteiger partial charge in [0.25, 0.3) is 0 Å². The summed E-state index contributed by atoms with van der Waals surface area (Å²) in [5, 5.41) is 2.75. The van der Waals surface area contributed by atoms with Gasteiger partial charge in [0.1, 0.15) is 0 Å². The van der Waals surface area contributed by atoms with Crippen LogP contribution in [0.1, 0.15) is 31.4 Å². The van der Waals surface area contributed by atoms with Crippen LogP contribution < -0.4 is 11.1 Å². The molecule has 0 saturated carbocycles. The minimum atomic E-state index is -0.300. The number of carbonyl (C=O) groups is 3. The monoisotopic (exact) mass is 318 g/mol. The zero-order valence-electron chi connectivity index (χ0n) is 13.0. The van der Waals surface area contributed by atoms with Gasteiger partial charge in [-0.05, 0) is 25.0 Å². The van der Waals surface area contributed by atoms with Crippen LogP contribution in [0.25, 0.3) is 0 Å². The third-order valence-corrected chi connectivity index (χ3v) is 4.01. The Morgan fingerprint density at radius 1 is 1.22 bits per heavy atom. The topological polar surface area (TPSA) is 105 Å². The molecule has 3 amide bonds. The summed E-state index contributed by atoms with van der Waals surface area (Å²) in [5.74, 6) is -0.663. The Morgan fingerprint density at radius 3 is 2.57 bits per heavy atom. The molecule has 1 aliphatic heterocycles. The molecule has 1 aliphatic rings. The number of amides is 3. The number of nitrogens with two attached hydrogens (primary N) is 1. The van der Waals surface area contributed by atoms with Crippen molar-refractivity contribution in [2.75, 3.05) is 13.1 Å². The van der Waals surface area contributed by atoms with E-state index in [0.29, 0.717) is 32.5 Å². The summed E-state index contributed by atoms with van der Waals surface area (Å²) in [7, 11) is 0. The molecule has 1 aromatic heterocycles. The predicted octanol–water partition coefficient (Wildman–Crippen LogP) is 0.202. The molecular weight excluding hydrogens is 296 g/mol. The lowest BCUT2D eigenvalue weighted by atomic mass is 9.96. The highest BCUT2D eigenvalue weighted by atomic mass is 16.2. The van der Waals surface area contributed by atoms with Gasteiger partial charge in [-0.1, -0.05) is 6.07 Å². The highest BCUT2D eigenvalue weighted by Crippen LogP contribution is 2.17. The molecule has 1 fully saturated rings. The van der Waals surface area contributed by atoms with Crippen molar-refractivity contribution in [1.29, 1.82) is 0 Å². The molecule has 7 nitrogen and oxygen atoms in total. The zero-order valence-corrected chi connectivity index (χ0v) is 13.0. The van der Waals surface area contributed by atoms with Crippen molar-refractivity contribution >= 4 is 17.7 Å². The number of rotatable bonds is 6. The number of aromatic nitrogens is 1. The lowest BCUT2D eigenvalue weighted by Crippen LogP contribution is -2.42. The molecule has 2 heterocycles. The SMILES string of the molecule is NC(=O)C1CCN(C(=O)CCC(=O)NCc2ccccn2)CC1. The summed E-state index contributed by atoms with van der Waals surface area (Å²) in [5.41, 5.74) is 6.05. The Balaban J connectivity index is 1.66. The van der Waals surface area contributed by atoms with Crippen LogP contribution in [0.5, 0.6) is 0 Å². The smallest absolute Gasteiger partial charge is 0.223 e. The molecule has 0 aromatic carbocycles. The van der Waals surface area contributed by atoms with E-state index in [0.717, 1.165) is 5.69 Å². The van der Waals surface area contributed by atoms with Gasteiger partial charge < -0.3 is 16.0 Å². The lowest BCUT2D eigenvalue weighted by Gasteiger charge is -2.30. The van der Waals surface area contributed by atoms with Gasteiger partial charge in [0.2, 0.25) is 17.7 Å². The van der Waals surface area contributed by atoms with E-state index in [-0.39, 0.29) is 36.5 Å². The maximum Gasteiger partial charge on any atom is 0.223 e. The molecule has 3 N–H and O–H groups in total. The van der Waals surface area contributed by atoms with Crippen LogP contribution in [0.4, 0.5) is 0 Å². The van der Waals surface area contributed by atoms with Crippen molar-refractivity contribution in [3.8, 4) is 0 Å². The zero-order chi connectivity index (χ0) is 16.7. The van der Waals surface area contributed by atoms with Gasteiger partial charge in [-0.25, -0.2) is 0 Å². The van der Waals surface area contributed by atoms with Crippen molar-refractivity contribution in [1.82, 2.24) is 15.2 Å².